The number of rotatable bonds is 10. The lowest BCUT2D eigenvalue weighted by molar-refractivity contribution is -0.0753. The van der Waals surface area contributed by atoms with Crippen LogP contribution in [0.25, 0.3) is 0 Å². The molecule has 2 heterocycles. The summed E-state index contributed by atoms with van der Waals surface area (Å²) in [4.78, 5) is 9.26. The summed E-state index contributed by atoms with van der Waals surface area (Å²) in [6.45, 7) is 0.638. The molecular formula is C54H46N4O2. The number of benzene rings is 7. The van der Waals surface area contributed by atoms with Gasteiger partial charge in [0.2, 0.25) is 0 Å². The summed E-state index contributed by atoms with van der Waals surface area (Å²) in [5.74, 6) is 0. The fourth-order valence-corrected chi connectivity index (χ4v) is 9.66. The molecule has 6 heteroatoms. The van der Waals surface area contributed by atoms with Crippen molar-refractivity contribution >= 4 is 11.4 Å². The van der Waals surface area contributed by atoms with Crippen LogP contribution in [0.3, 0.4) is 0 Å². The number of hydrogen-bond acceptors (Lipinski definition) is 6. The highest BCUT2D eigenvalue weighted by molar-refractivity contribution is 5.80. The Morgan fingerprint density at radius 3 is 1.13 bits per heavy atom. The first kappa shape index (κ1) is 37.2. The molecular weight excluding hydrogens is 737 g/mol. The van der Waals surface area contributed by atoms with Crippen LogP contribution in [-0.4, -0.2) is 33.4 Å². The second-order valence-corrected chi connectivity index (χ2v) is 15.5. The molecule has 0 unspecified atom stereocenters. The predicted molar refractivity (Wildman–Crippen MR) is 240 cm³/mol. The van der Waals surface area contributed by atoms with Crippen LogP contribution >= 0.6 is 0 Å². The van der Waals surface area contributed by atoms with Crippen molar-refractivity contribution in [3.63, 3.8) is 0 Å². The number of fused-ring (bicyclic) bond motifs is 1. The zero-order chi connectivity index (χ0) is 40.6. The Morgan fingerprint density at radius 1 is 0.350 bits per heavy atom. The smallest absolute Gasteiger partial charge is 0.192 e. The monoisotopic (exact) mass is 782 g/mol. The first-order chi connectivity index (χ1) is 29.6. The summed E-state index contributed by atoms with van der Waals surface area (Å²) < 4.78 is 0. The Hall–Kier alpha value is -7.12. The van der Waals surface area contributed by atoms with E-state index in [-0.39, 0.29) is 0 Å². The molecule has 60 heavy (non-hydrogen) atoms. The topological polar surface area (TPSA) is 53.4 Å². The molecule has 7 aromatic rings. The molecule has 294 valence electrons. The van der Waals surface area contributed by atoms with Gasteiger partial charge >= 0.3 is 0 Å². The number of aliphatic hydroxyl groups is 2. The van der Waals surface area contributed by atoms with Crippen molar-refractivity contribution in [3.05, 3.63) is 275 Å². The van der Waals surface area contributed by atoms with Crippen molar-refractivity contribution < 1.29 is 10.2 Å². The lowest BCUT2D eigenvalue weighted by atomic mass is 9.86. The average molecular weight is 783 g/mol. The van der Waals surface area contributed by atoms with E-state index in [4.69, 9.17) is 0 Å². The summed E-state index contributed by atoms with van der Waals surface area (Å²) in [5, 5.41) is 27.1. The molecule has 0 radical (unpaired) electrons. The van der Waals surface area contributed by atoms with Crippen LogP contribution in [0, 0.1) is 0 Å². The highest BCUT2D eigenvalue weighted by atomic mass is 16.3. The van der Waals surface area contributed by atoms with Gasteiger partial charge in [0.05, 0.1) is 30.4 Å². The Balaban J connectivity index is 1.25. The van der Waals surface area contributed by atoms with Crippen LogP contribution < -0.4 is 9.80 Å². The van der Waals surface area contributed by atoms with E-state index in [1.54, 1.807) is 0 Å². The van der Waals surface area contributed by atoms with E-state index in [0.717, 1.165) is 56.1 Å². The minimum Gasteiger partial charge on any atom is -0.363 e. The van der Waals surface area contributed by atoms with Gasteiger partial charge in [0, 0.05) is 45.5 Å². The summed E-state index contributed by atoms with van der Waals surface area (Å²) in [5.41, 5.74) is 4.94. The van der Waals surface area contributed by atoms with Crippen LogP contribution in [0.4, 0.5) is 11.4 Å². The zero-order valence-corrected chi connectivity index (χ0v) is 33.2. The zero-order valence-electron chi connectivity index (χ0n) is 33.2. The maximum absolute atomic E-state index is 13.6. The Bertz CT molecular complexity index is 2550. The van der Waals surface area contributed by atoms with Crippen LogP contribution in [0.5, 0.6) is 0 Å². The molecule has 0 bridgehead atoms. The van der Waals surface area contributed by atoms with Gasteiger partial charge in [0.25, 0.3) is 0 Å². The number of anilines is 2. The molecule has 0 aromatic heterocycles. The SMILES string of the molecule is OC(c1ccccc1)(c1ccccc1)N1CN(C(c2ccccc2)(c2ccccc2)N2CN(C(O)(c3ccccc3)c3ccccc3)c3ccccc32)C2=C1CC=CC=C2. The second-order valence-electron chi connectivity index (χ2n) is 15.5. The Labute approximate surface area is 352 Å². The minimum atomic E-state index is -1.54. The van der Waals surface area contributed by atoms with Crippen LogP contribution in [0.2, 0.25) is 0 Å². The normalized spacial score (nSPS) is 15.3. The van der Waals surface area contributed by atoms with Crippen molar-refractivity contribution in [1.29, 1.82) is 0 Å². The molecule has 0 amide bonds. The van der Waals surface area contributed by atoms with Gasteiger partial charge in [-0.15, -0.1) is 0 Å². The molecule has 7 aromatic carbocycles. The molecule has 0 saturated heterocycles. The molecule has 2 N–H and O–H groups in total. The summed E-state index contributed by atoms with van der Waals surface area (Å²) in [6, 6.07) is 69.8. The quantitative estimate of drug-likeness (QED) is 0.144. The van der Waals surface area contributed by atoms with E-state index in [1.165, 1.54) is 0 Å². The van der Waals surface area contributed by atoms with Gasteiger partial charge in [0.15, 0.2) is 17.1 Å². The average Bonchev–Trinajstić information content (AvgIpc) is 3.80. The second kappa shape index (κ2) is 15.2. The van der Waals surface area contributed by atoms with Crippen molar-refractivity contribution in [2.45, 2.75) is 23.5 Å². The predicted octanol–water partition coefficient (Wildman–Crippen LogP) is 10.3. The molecule has 10 rings (SSSR count). The van der Waals surface area contributed by atoms with Gasteiger partial charge < -0.3 is 29.8 Å². The van der Waals surface area contributed by atoms with Crippen LogP contribution in [-0.2, 0) is 17.1 Å². The van der Waals surface area contributed by atoms with E-state index >= 15 is 0 Å². The number of hydrogen-bond donors (Lipinski definition) is 2. The van der Waals surface area contributed by atoms with E-state index in [0.29, 0.717) is 19.8 Å². The van der Waals surface area contributed by atoms with Crippen molar-refractivity contribution in [2.75, 3.05) is 23.1 Å². The molecule has 0 fully saturated rings. The first-order valence-corrected chi connectivity index (χ1v) is 20.6. The van der Waals surface area contributed by atoms with E-state index in [2.05, 4.69) is 129 Å². The number of allylic oxidation sites excluding steroid dienone is 4. The molecule has 0 saturated carbocycles. The third-order valence-corrected chi connectivity index (χ3v) is 12.4. The van der Waals surface area contributed by atoms with Crippen LogP contribution in [0.15, 0.2) is 242 Å². The molecule has 3 aliphatic rings. The van der Waals surface area contributed by atoms with Gasteiger partial charge in [-0.25, -0.2) is 0 Å². The fraction of sp³-hybridized carbons (Fsp3) is 0.111. The third kappa shape index (κ3) is 5.79. The first-order valence-electron chi connectivity index (χ1n) is 20.6. The largest absolute Gasteiger partial charge is 0.363 e. The Morgan fingerprint density at radius 2 is 0.700 bits per heavy atom. The minimum absolute atomic E-state index is 0.312. The third-order valence-electron chi connectivity index (χ3n) is 12.4. The van der Waals surface area contributed by atoms with Crippen LogP contribution in [0.1, 0.15) is 39.8 Å². The van der Waals surface area contributed by atoms with Crippen molar-refractivity contribution in [1.82, 2.24) is 9.80 Å². The number of nitrogens with zero attached hydrogens (tertiary/aromatic N) is 4. The fourth-order valence-electron chi connectivity index (χ4n) is 9.66. The van der Waals surface area contributed by atoms with Gasteiger partial charge in [-0.3, -0.25) is 0 Å². The lowest BCUT2D eigenvalue weighted by Crippen LogP contribution is -2.61. The van der Waals surface area contributed by atoms with Gasteiger partial charge in [-0.05, 0) is 18.2 Å². The molecule has 6 nitrogen and oxygen atoms in total. The molecule has 2 aliphatic heterocycles. The summed E-state index contributed by atoms with van der Waals surface area (Å²) >= 11 is 0. The molecule has 1 aliphatic carbocycles. The van der Waals surface area contributed by atoms with Crippen molar-refractivity contribution in [2.24, 2.45) is 0 Å². The maximum Gasteiger partial charge on any atom is 0.192 e. The van der Waals surface area contributed by atoms with Gasteiger partial charge in [0.1, 0.15) is 0 Å². The lowest BCUT2D eigenvalue weighted by Gasteiger charge is -2.52. The maximum atomic E-state index is 13.6. The number of para-hydroxylation sites is 2. The van der Waals surface area contributed by atoms with E-state index in [1.807, 2.05) is 121 Å². The highest BCUT2D eigenvalue weighted by Crippen LogP contribution is 2.55. The molecule has 0 spiro atoms. The molecule has 0 atom stereocenters. The Kier molecular flexibility index (Phi) is 9.44. The van der Waals surface area contributed by atoms with Crippen molar-refractivity contribution in [3.8, 4) is 0 Å². The highest BCUT2D eigenvalue weighted by Gasteiger charge is 2.57. The van der Waals surface area contributed by atoms with Gasteiger partial charge in [-0.1, -0.05) is 212 Å². The van der Waals surface area contributed by atoms with E-state index < -0.39 is 17.1 Å². The summed E-state index contributed by atoms with van der Waals surface area (Å²) in [7, 11) is 0. The van der Waals surface area contributed by atoms with Gasteiger partial charge in [-0.2, -0.15) is 0 Å². The standard InChI is InChI=1S/C54H46N4O2/c59-53(44-28-12-3-13-29-44,45-30-14-4-15-31-45)57-40-55(48-36-20-7-21-37-50(48)57)52(42-24-8-1-9-25-42,43-26-10-2-11-27-43)56-41-58(51-39-23-22-38-49(51)56)54(60,46-32-16-5-17-33-46)47-34-18-6-19-35-47/h1-36,38-39,59-60H,37,40-41H2. The van der Waals surface area contributed by atoms with E-state index in [9.17, 15) is 10.2 Å². The summed E-state index contributed by atoms with van der Waals surface area (Å²) in [6.07, 6.45) is 9.17.